The normalized spacial score (nSPS) is 17.6. The summed E-state index contributed by atoms with van der Waals surface area (Å²) in [6.45, 7) is 1.61. The van der Waals surface area contributed by atoms with Crippen LogP contribution in [0.4, 0.5) is 0 Å². The second kappa shape index (κ2) is 3.62. The minimum atomic E-state index is -1.10. The van der Waals surface area contributed by atoms with E-state index in [0.29, 0.717) is 18.6 Å². The molecule has 6 heteroatoms. The second-order valence-corrected chi connectivity index (χ2v) is 3.99. The van der Waals surface area contributed by atoms with Crippen LogP contribution in [-0.4, -0.2) is 27.7 Å². The van der Waals surface area contributed by atoms with E-state index in [4.69, 9.17) is 9.63 Å². The van der Waals surface area contributed by atoms with E-state index in [1.54, 1.807) is 6.92 Å². The zero-order chi connectivity index (χ0) is 11.8. The molecule has 0 saturated heterocycles. The van der Waals surface area contributed by atoms with E-state index in [1.807, 2.05) is 0 Å². The molecule has 16 heavy (non-hydrogen) atoms. The number of aryl methyl sites for hydroxylation is 1. The molecule has 0 bridgehead atoms. The third-order valence-electron chi connectivity index (χ3n) is 2.96. The Morgan fingerprint density at radius 2 is 2.25 bits per heavy atom. The molecule has 0 unspecified atom stereocenters. The van der Waals surface area contributed by atoms with Crippen LogP contribution in [0, 0.1) is 6.92 Å². The number of hydrogen-bond acceptors (Lipinski definition) is 4. The molecular formula is C10H12N2O4. The zero-order valence-electron chi connectivity index (χ0n) is 8.82. The number of carboxylic acid groups (broad SMARTS) is 1. The van der Waals surface area contributed by atoms with Crippen molar-refractivity contribution in [3.8, 4) is 0 Å². The van der Waals surface area contributed by atoms with E-state index in [0.717, 1.165) is 6.42 Å². The van der Waals surface area contributed by atoms with Crippen molar-refractivity contribution in [1.29, 1.82) is 0 Å². The lowest BCUT2D eigenvalue weighted by Crippen LogP contribution is -2.59. The van der Waals surface area contributed by atoms with Gasteiger partial charge in [0.15, 0.2) is 0 Å². The fourth-order valence-electron chi connectivity index (χ4n) is 1.72. The zero-order valence-corrected chi connectivity index (χ0v) is 8.82. The summed E-state index contributed by atoms with van der Waals surface area (Å²) in [5, 5.41) is 15.1. The van der Waals surface area contributed by atoms with Gasteiger partial charge in [0.1, 0.15) is 16.9 Å². The number of carbonyl (C=O) groups excluding carboxylic acids is 1. The molecular weight excluding hydrogens is 212 g/mol. The van der Waals surface area contributed by atoms with Crippen molar-refractivity contribution in [2.75, 3.05) is 0 Å². The highest BCUT2D eigenvalue weighted by Crippen LogP contribution is 2.32. The first-order valence-corrected chi connectivity index (χ1v) is 5.02. The van der Waals surface area contributed by atoms with Crippen molar-refractivity contribution < 1.29 is 19.2 Å². The molecule has 1 aliphatic rings. The fourth-order valence-corrected chi connectivity index (χ4v) is 1.72. The Bertz CT molecular complexity index is 434. The summed E-state index contributed by atoms with van der Waals surface area (Å²) in [6, 6.07) is 0. The summed E-state index contributed by atoms with van der Waals surface area (Å²) in [7, 11) is 0. The lowest BCUT2D eigenvalue weighted by molar-refractivity contribution is -0.148. The predicted molar refractivity (Wildman–Crippen MR) is 52.9 cm³/mol. The third-order valence-corrected chi connectivity index (χ3v) is 2.96. The first kappa shape index (κ1) is 10.7. The van der Waals surface area contributed by atoms with Gasteiger partial charge < -0.3 is 14.9 Å². The minimum Gasteiger partial charge on any atom is -0.480 e. The smallest absolute Gasteiger partial charge is 0.329 e. The van der Waals surface area contributed by atoms with Crippen LogP contribution in [0.15, 0.2) is 10.7 Å². The van der Waals surface area contributed by atoms with Crippen LogP contribution in [0.2, 0.25) is 0 Å². The van der Waals surface area contributed by atoms with Gasteiger partial charge in [0.05, 0.1) is 6.20 Å². The first-order valence-electron chi connectivity index (χ1n) is 5.02. The Labute approximate surface area is 91.6 Å². The molecule has 2 rings (SSSR count). The predicted octanol–water partition coefficient (Wildman–Crippen LogP) is 0.720. The molecule has 0 radical (unpaired) electrons. The molecule has 1 aliphatic carbocycles. The van der Waals surface area contributed by atoms with Crippen molar-refractivity contribution >= 4 is 11.9 Å². The molecule has 1 saturated carbocycles. The van der Waals surface area contributed by atoms with Crippen LogP contribution in [0.25, 0.3) is 0 Å². The molecule has 1 amide bonds. The Hall–Kier alpha value is -1.85. The Kier molecular flexibility index (Phi) is 2.41. The van der Waals surface area contributed by atoms with Gasteiger partial charge in [-0.1, -0.05) is 5.16 Å². The van der Waals surface area contributed by atoms with E-state index in [-0.39, 0.29) is 5.56 Å². The third kappa shape index (κ3) is 1.56. The van der Waals surface area contributed by atoms with Crippen molar-refractivity contribution in [1.82, 2.24) is 10.5 Å². The monoisotopic (exact) mass is 224 g/mol. The van der Waals surface area contributed by atoms with Crippen LogP contribution >= 0.6 is 0 Å². The van der Waals surface area contributed by atoms with E-state index < -0.39 is 17.4 Å². The number of carboxylic acids is 1. The van der Waals surface area contributed by atoms with E-state index in [2.05, 4.69) is 10.5 Å². The van der Waals surface area contributed by atoms with Gasteiger partial charge in [-0.25, -0.2) is 4.79 Å². The molecule has 1 aromatic rings. The molecule has 0 aromatic carbocycles. The number of hydrogen-bond donors (Lipinski definition) is 2. The number of carbonyl (C=O) groups is 2. The van der Waals surface area contributed by atoms with Gasteiger partial charge in [-0.2, -0.15) is 0 Å². The number of nitrogens with zero attached hydrogens (tertiary/aromatic N) is 1. The topological polar surface area (TPSA) is 92.4 Å². The summed E-state index contributed by atoms with van der Waals surface area (Å²) in [4.78, 5) is 22.8. The van der Waals surface area contributed by atoms with Crippen molar-refractivity contribution in [3.05, 3.63) is 17.5 Å². The minimum absolute atomic E-state index is 0.285. The van der Waals surface area contributed by atoms with Crippen LogP contribution in [0.1, 0.15) is 35.4 Å². The summed E-state index contributed by atoms with van der Waals surface area (Å²) >= 11 is 0. The summed E-state index contributed by atoms with van der Waals surface area (Å²) in [5.41, 5.74) is -0.812. The fraction of sp³-hybridized carbons (Fsp3) is 0.500. The maximum absolute atomic E-state index is 11.8. The first-order chi connectivity index (χ1) is 7.55. The van der Waals surface area contributed by atoms with Crippen LogP contribution < -0.4 is 5.32 Å². The van der Waals surface area contributed by atoms with Crippen LogP contribution in [0.5, 0.6) is 0 Å². The van der Waals surface area contributed by atoms with E-state index in [1.165, 1.54) is 6.20 Å². The average molecular weight is 224 g/mol. The lowest BCUT2D eigenvalue weighted by Gasteiger charge is -2.38. The maximum Gasteiger partial charge on any atom is 0.329 e. The van der Waals surface area contributed by atoms with Gasteiger partial charge in [0.25, 0.3) is 5.91 Å². The Balaban J connectivity index is 2.13. The summed E-state index contributed by atoms with van der Waals surface area (Å²) < 4.78 is 4.75. The van der Waals surface area contributed by atoms with Gasteiger partial charge in [-0.15, -0.1) is 0 Å². The van der Waals surface area contributed by atoms with Gasteiger partial charge in [0.2, 0.25) is 0 Å². The van der Waals surface area contributed by atoms with Gasteiger partial charge in [-0.3, -0.25) is 4.79 Å². The summed E-state index contributed by atoms with van der Waals surface area (Å²) in [5.74, 6) is -1.04. The largest absolute Gasteiger partial charge is 0.480 e. The molecule has 86 valence electrons. The number of rotatable bonds is 3. The molecule has 1 heterocycles. The quantitative estimate of drug-likeness (QED) is 0.789. The average Bonchev–Trinajstić information content (AvgIpc) is 2.57. The van der Waals surface area contributed by atoms with Crippen molar-refractivity contribution in [3.63, 3.8) is 0 Å². The molecule has 0 atom stereocenters. The number of amides is 1. The Morgan fingerprint density at radius 3 is 2.62 bits per heavy atom. The molecule has 1 fully saturated rings. The number of aromatic nitrogens is 1. The maximum atomic E-state index is 11.8. The van der Waals surface area contributed by atoms with Crippen LogP contribution in [0.3, 0.4) is 0 Å². The summed E-state index contributed by atoms with van der Waals surface area (Å²) in [6.07, 6.45) is 3.05. The standard InChI is InChI=1S/C10H12N2O4/c1-6-7(5-11-16-6)8(13)12-10(9(14)15)3-2-4-10/h5H,2-4H2,1H3,(H,12,13)(H,14,15). The van der Waals surface area contributed by atoms with Crippen molar-refractivity contribution in [2.45, 2.75) is 31.7 Å². The highest BCUT2D eigenvalue weighted by Gasteiger charge is 2.46. The second-order valence-electron chi connectivity index (χ2n) is 3.99. The molecule has 6 nitrogen and oxygen atoms in total. The van der Waals surface area contributed by atoms with Crippen molar-refractivity contribution in [2.24, 2.45) is 0 Å². The van der Waals surface area contributed by atoms with Gasteiger partial charge in [0, 0.05) is 0 Å². The van der Waals surface area contributed by atoms with E-state index in [9.17, 15) is 9.59 Å². The lowest BCUT2D eigenvalue weighted by atomic mass is 9.76. The number of nitrogens with one attached hydrogen (secondary N) is 1. The molecule has 0 aliphatic heterocycles. The molecule has 0 spiro atoms. The van der Waals surface area contributed by atoms with Crippen LogP contribution in [-0.2, 0) is 4.79 Å². The van der Waals surface area contributed by atoms with Gasteiger partial charge in [-0.05, 0) is 26.2 Å². The molecule has 2 N–H and O–H groups in total. The van der Waals surface area contributed by atoms with Gasteiger partial charge >= 0.3 is 5.97 Å². The SMILES string of the molecule is Cc1oncc1C(=O)NC1(C(=O)O)CCC1. The Morgan fingerprint density at radius 1 is 1.56 bits per heavy atom. The molecule has 1 aromatic heterocycles. The highest BCUT2D eigenvalue weighted by molar-refractivity contribution is 5.98. The van der Waals surface area contributed by atoms with E-state index >= 15 is 0 Å². The number of aliphatic carboxylic acids is 1. The highest BCUT2D eigenvalue weighted by atomic mass is 16.5.